The average molecular weight is 439 g/mol. The summed E-state index contributed by atoms with van der Waals surface area (Å²) in [4.78, 5) is 24.8. The molecule has 0 unspecified atom stereocenters. The Labute approximate surface area is 175 Å². The number of benzene rings is 2. The van der Waals surface area contributed by atoms with Crippen LogP contribution in [0.5, 0.6) is 0 Å². The SMILES string of the molecule is CCOC(=O)c1ccc(C)c(NC(=O)[C@@H](C)N(c2cccc(Cl)c2)S(C)(=O)=O)c1. The molecule has 2 rings (SSSR count). The molecule has 2 aromatic carbocycles. The van der Waals surface area contributed by atoms with Gasteiger partial charge in [-0.1, -0.05) is 23.7 Å². The number of rotatable bonds is 7. The first-order chi connectivity index (χ1) is 13.5. The van der Waals surface area contributed by atoms with Crippen molar-refractivity contribution >= 4 is 44.9 Å². The molecule has 0 spiro atoms. The minimum Gasteiger partial charge on any atom is -0.462 e. The molecule has 9 heteroatoms. The molecule has 0 heterocycles. The molecule has 7 nitrogen and oxygen atoms in total. The number of ether oxygens (including phenoxy) is 1. The van der Waals surface area contributed by atoms with Gasteiger partial charge in [-0.3, -0.25) is 9.10 Å². The Hall–Kier alpha value is -2.58. The Balaban J connectivity index is 2.33. The summed E-state index contributed by atoms with van der Waals surface area (Å²) >= 11 is 5.98. The standard InChI is InChI=1S/C20H23ClN2O5S/c1-5-28-20(25)15-10-9-13(2)18(11-15)22-19(24)14(3)23(29(4,26)27)17-8-6-7-16(21)12-17/h6-12,14H,5H2,1-4H3,(H,22,24)/t14-/m1/s1. The summed E-state index contributed by atoms with van der Waals surface area (Å²) in [5.74, 6) is -1.06. The molecule has 0 saturated heterocycles. The van der Waals surface area contributed by atoms with Crippen molar-refractivity contribution in [1.82, 2.24) is 0 Å². The molecule has 0 aliphatic heterocycles. The molecule has 29 heavy (non-hydrogen) atoms. The summed E-state index contributed by atoms with van der Waals surface area (Å²) in [6, 6.07) is 9.96. The van der Waals surface area contributed by atoms with Crippen molar-refractivity contribution in [2.45, 2.75) is 26.8 Å². The van der Waals surface area contributed by atoms with Crippen LogP contribution in [0.1, 0.15) is 29.8 Å². The van der Waals surface area contributed by atoms with Gasteiger partial charge in [0.05, 0.1) is 24.1 Å². The third kappa shape index (κ3) is 5.71. The van der Waals surface area contributed by atoms with E-state index in [0.29, 0.717) is 16.3 Å². The summed E-state index contributed by atoms with van der Waals surface area (Å²) in [5.41, 5.74) is 1.68. The van der Waals surface area contributed by atoms with Crippen LogP contribution in [0.3, 0.4) is 0 Å². The predicted octanol–water partition coefficient (Wildman–Crippen LogP) is 3.62. The highest BCUT2D eigenvalue weighted by Gasteiger charge is 2.29. The number of carbonyl (C=O) groups excluding carboxylic acids is 2. The van der Waals surface area contributed by atoms with Crippen LogP contribution in [0.2, 0.25) is 5.02 Å². The lowest BCUT2D eigenvalue weighted by Crippen LogP contribution is -2.45. The monoisotopic (exact) mass is 438 g/mol. The van der Waals surface area contributed by atoms with E-state index in [2.05, 4.69) is 5.32 Å². The van der Waals surface area contributed by atoms with Crippen molar-refractivity contribution < 1.29 is 22.7 Å². The van der Waals surface area contributed by atoms with Crippen LogP contribution in [-0.2, 0) is 19.6 Å². The van der Waals surface area contributed by atoms with E-state index >= 15 is 0 Å². The quantitative estimate of drug-likeness (QED) is 0.666. The summed E-state index contributed by atoms with van der Waals surface area (Å²) < 4.78 is 30.7. The molecular weight excluding hydrogens is 416 g/mol. The second-order valence-electron chi connectivity index (χ2n) is 6.45. The van der Waals surface area contributed by atoms with Crippen LogP contribution < -0.4 is 9.62 Å². The number of amides is 1. The fourth-order valence-electron chi connectivity index (χ4n) is 2.76. The maximum Gasteiger partial charge on any atom is 0.338 e. The van der Waals surface area contributed by atoms with E-state index in [4.69, 9.17) is 16.3 Å². The molecule has 1 amide bonds. The number of hydrogen-bond donors (Lipinski definition) is 1. The van der Waals surface area contributed by atoms with Gasteiger partial charge in [0.15, 0.2) is 0 Å². The first-order valence-corrected chi connectivity index (χ1v) is 11.1. The molecular formula is C20H23ClN2O5S. The Morgan fingerprint density at radius 3 is 2.48 bits per heavy atom. The lowest BCUT2D eigenvalue weighted by molar-refractivity contribution is -0.116. The van der Waals surface area contributed by atoms with Gasteiger partial charge in [-0.05, 0) is 56.7 Å². The molecule has 0 saturated carbocycles. The van der Waals surface area contributed by atoms with Crippen molar-refractivity contribution in [2.75, 3.05) is 22.5 Å². The summed E-state index contributed by atoms with van der Waals surface area (Å²) in [5, 5.41) is 3.05. The van der Waals surface area contributed by atoms with Crippen molar-refractivity contribution in [3.63, 3.8) is 0 Å². The predicted molar refractivity (Wildman–Crippen MR) is 114 cm³/mol. The zero-order chi connectivity index (χ0) is 21.8. The number of carbonyl (C=O) groups is 2. The van der Waals surface area contributed by atoms with E-state index in [-0.39, 0.29) is 17.9 Å². The van der Waals surface area contributed by atoms with Gasteiger partial charge in [0.2, 0.25) is 15.9 Å². The maximum absolute atomic E-state index is 12.9. The zero-order valence-electron chi connectivity index (χ0n) is 16.6. The Kier molecular flexibility index (Phi) is 7.26. The van der Waals surface area contributed by atoms with Gasteiger partial charge in [-0.2, -0.15) is 0 Å². The summed E-state index contributed by atoms with van der Waals surface area (Å²) in [6.45, 7) is 5.17. The molecule has 156 valence electrons. The number of halogens is 1. The smallest absolute Gasteiger partial charge is 0.338 e. The fourth-order valence-corrected chi connectivity index (χ4v) is 4.11. The highest BCUT2D eigenvalue weighted by Crippen LogP contribution is 2.25. The Morgan fingerprint density at radius 1 is 1.21 bits per heavy atom. The Morgan fingerprint density at radius 2 is 1.90 bits per heavy atom. The second kappa shape index (κ2) is 9.28. The molecule has 2 aromatic rings. The molecule has 0 radical (unpaired) electrons. The first kappa shape index (κ1) is 22.7. The number of nitrogens with one attached hydrogen (secondary N) is 1. The minimum absolute atomic E-state index is 0.231. The van der Waals surface area contributed by atoms with Crippen molar-refractivity contribution in [2.24, 2.45) is 0 Å². The van der Waals surface area contributed by atoms with Crippen LogP contribution in [0.25, 0.3) is 0 Å². The number of anilines is 2. The molecule has 0 fully saturated rings. The van der Waals surface area contributed by atoms with Crippen LogP contribution in [0.4, 0.5) is 11.4 Å². The lowest BCUT2D eigenvalue weighted by atomic mass is 10.1. The van der Waals surface area contributed by atoms with Gasteiger partial charge in [0.1, 0.15) is 6.04 Å². The third-order valence-corrected chi connectivity index (χ3v) is 5.63. The number of sulfonamides is 1. The van der Waals surface area contributed by atoms with Gasteiger partial charge in [0, 0.05) is 10.7 Å². The van der Waals surface area contributed by atoms with Crippen LogP contribution in [-0.4, -0.2) is 39.2 Å². The summed E-state index contributed by atoms with van der Waals surface area (Å²) in [7, 11) is -3.77. The van der Waals surface area contributed by atoms with Gasteiger partial charge in [0.25, 0.3) is 0 Å². The van der Waals surface area contributed by atoms with E-state index in [1.807, 2.05) is 0 Å². The summed E-state index contributed by atoms with van der Waals surface area (Å²) in [6.07, 6.45) is 1.02. The maximum atomic E-state index is 12.9. The van der Waals surface area contributed by atoms with Crippen molar-refractivity contribution in [3.05, 3.63) is 58.6 Å². The van der Waals surface area contributed by atoms with E-state index < -0.39 is 27.9 Å². The average Bonchev–Trinajstić information content (AvgIpc) is 2.62. The largest absolute Gasteiger partial charge is 0.462 e. The van der Waals surface area contributed by atoms with Gasteiger partial charge in [-0.25, -0.2) is 13.2 Å². The van der Waals surface area contributed by atoms with Crippen LogP contribution in [0.15, 0.2) is 42.5 Å². The third-order valence-electron chi connectivity index (χ3n) is 4.16. The number of nitrogens with zero attached hydrogens (tertiary/aromatic N) is 1. The normalized spacial score (nSPS) is 12.2. The highest BCUT2D eigenvalue weighted by atomic mass is 35.5. The molecule has 0 bridgehead atoms. The topological polar surface area (TPSA) is 92.8 Å². The number of esters is 1. The van der Waals surface area contributed by atoms with E-state index in [9.17, 15) is 18.0 Å². The molecule has 0 aliphatic rings. The van der Waals surface area contributed by atoms with Crippen LogP contribution >= 0.6 is 11.6 Å². The van der Waals surface area contributed by atoms with E-state index in [1.165, 1.54) is 19.1 Å². The Bertz CT molecular complexity index is 1020. The van der Waals surface area contributed by atoms with Gasteiger partial charge in [-0.15, -0.1) is 0 Å². The van der Waals surface area contributed by atoms with Crippen molar-refractivity contribution in [3.8, 4) is 0 Å². The molecule has 0 aliphatic carbocycles. The lowest BCUT2D eigenvalue weighted by Gasteiger charge is -2.28. The van der Waals surface area contributed by atoms with E-state index in [0.717, 1.165) is 10.6 Å². The highest BCUT2D eigenvalue weighted by molar-refractivity contribution is 7.92. The fraction of sp³-hybridized carbons (Fsp3) is 0.300. The first-order valence-electron chi connectivity index (χ1n) is 8.88. The van der Waals surface area contributed by atoms with Gasteiger partial charge < -0.3 is 10.1 Å². The van der Waals surface area contributed by atoms with Crippen LogP contribution in [0, 0.1) is 6.92 Å². The minimum atomic E-state index is -3.77. The number of hydrogen-bond acceptors (Lipinski definition) is 5. The second-order valence-corrected chi connectivity index (χ2v) is 8.75. The molecule has 1 atom stereocenters. The number of aryl methyl sites for hydroxylation is 1. The molecule has 1 N–H and O–H groups in total. The van der Waals surface area contributed by atoms with E-state index in [1.54, 1.807) is 44.2 Å². The molecule has 0 aromatic heterocycles. The zero-order valence-corrected chi connectivity index (χ0v) is 18.2. The van der Waals surface area contributed by atoms with Gasteiger partial charge >= 0.3 is 5.97 Å². The van der Waals surface area contributed by atoms with Crippen molar-refractivity contribution in [1.29, 1.82) is 0 Å².